The molecular weight excluding hydrogens is 200 g/mol. The van der Waals surface area contributed by atoms with Crippen molar-refractivity contribution < 1.29 is 9.59 Å². The van der Waals surface area contributed by atoms with Crippen molar-refractivity contribution in [2.45, 2.75) is 27.2 Å². The molecule has 86 valence electrons. The van der Waals surface area contributed by atoms with Crippen LogP contribution in [0.15, 0.2) is 36.0 Å². The summed E-state index contributed by atoms with van der Waals surface area (Å²) in [4.78, 5) is 24.1. The van der Waals surface area contributed by atoms with Crippen molar-refractivity contribution in [2.75, 3.05) is 0 Å². The zero-order chi connectivity index (χ0) is 12.3. The molecule has 0 amide bonds. The first-order valence-electron chi connectivity index (χ1n) is 5.60. The molecule has 0 spiro atoms. The summed E-state index contributed by atoms with van der Waals surface area (Å²) in [6, 6.07) is 0. The Morgan fingerprint density at radius 3 is 2.06 bits per heavy atom. The monoisotopic (exact) mass is 218 g/mol. The molecule has 2 unspecified atom stereocenters. The van der Waals surface area contributed by atoms with Gasteiger partial charge in [-0.15, -0.1) is 0 Å². The van der Waals surface area contributed by atoms with Crippen LogP contribution < -0.4 is 0 Å². The van der Waals surface area contributed by atoms with Gasteiger partial charge in [0.15, 0.2) is 11.6 Å². The molecule has 0 radical (unpaired) electrons. The minimum Gasteiger partial charge on any atom is -0.294 e. The molecule has 0 saturated heterocycles. The number of carbonyl (C=O) groups is 2. The third-order valence-corrected chi connectivity index (χ3v) is 3.00. The zero-order valence-corrected chi connectivity index (χ0v) is 10.1. The molecule has 0 aromatic heterocycles. The van der Waals surface area contributed by atoms with Crippen molar-refractivity contribution >= 4 is 11.6 Å². The van der Waals surface area contributed by atoms with Gasteiger partial charge in [0, 0.05) is 23.0 Å². The van der Waals surface area contributed by atoms with E-state index in [1.54, 1.807) is 25.2 Å². The van der Waals surface area contributed by atoms with Gasteiger partial charge in [0.05, 0.1) is 0 Å². The fraction of sp³-hybridized carbons (Fsp3) is 0.429. The summed E-state index contributed by atoms with van der Waals surface area (Å²) in [5.41, 5.74) is 1.06. The van der Waals surface area contributed by atoms with Gasteiger partial charge in [-0.05, 0) is 13.3 Å². The average molecular weight is 218 g/mol. The van der Waals surface area contributed by atoms with E-state index in [0.717, 1.165) is 0 Å². The molecule has 1 aliphatic carbocycles. The van der Waals surface area contributed by atoms with Crippen molar-refractivity contribution in [3.63, 3.8) is 0 Å². The molecular formula is C14H18O2. The summed E-state index contributed by atoms with van der Waals surface area (Å²) in [5, 5.41) is 0. The zero-order valence-electron chi connectivity index (χ0n) is 10.1. The van der Waals surface area contributed by atoms with E-state index in [1.807, 2.05) is 13.8 Å². The number of rotatable bonds is 1. The van der Waals surface area contributed by atoms with Crippen LogP contribution in [0.1, 0.15) is 27.2 Å². The minimum absolute atomic E-state index is 0.0469. The summed E-state index contributed by atoms with van der Waals surface area (Å²) < 4.78 is 0. The van der Waals surface area contributed by atoms with E-state index >= 15 is 0 Å². The lowest BCUT2D eigenvalue weighted by Crippen LogP contribution is -2.12. The fourth-order valence-electron chi connectivity index (χ4n) is 2.13. The molecule has 0 aliphatic heterocycles. The Balaban J connectivity index is 3.31. The number of hydrogen-bond donors (Lipinski definition) is 0. The second kappa shape index (κ2) is 5.06. The van der Waals surface area contributed by atoms with Crippen LogP contribution in [-0.2, 0) is 9.59 Å². The van der Waals surface area contributed by atoms with E-state index in [9.17, 15) is 9.59 Å². The quantitative estimate of drug-likeness (QED) is 0.501. The Labute approximate surface area is 96.7 Å². The van der Waals surface area contributed by atoms with Crippen molar-refractivity contribution in [3.8, 4) is 0 Å². The normalized spacial score (nSPS) is 31.9. The molecule has 1 saturated carbocycles. The smallest absolute Gasteiger partial charge is 0.166 e. The Morgan fingerprint density at radius 2 is 1.62 bits per heavy atom. The Hall–Kier alpha value is -1.44. The second-order valence-corrected chi connectivity index (χ2v) is 4.28. The highest BCUT2D eigenvalue weighted by atomic mass is 16.1. The number of Topliss-reactive ketones (excluding diaryl/α,β-unsaturated/α-hetero) is 2. The van der Waals surface area contributed by atoms with Crippen LogP contribution in [0.2, 0.25) is 0 Å². The number of allylic oxidation sites excluding steroid dienone is 5. The lowest BCUT2D eigenvalue weighted by molar-refractivity contribution is -0.118. The second-order valence-electron chi connectivity index (χ2n) is 4.28. The minimum atomic E-state index is -0.0948. The first-order chi connectivity index (χ1) is 7.52. The maximum Gasteiger partial charge on any atom is 0.166 e. The first-order valence-corrected chi connectivity index (χ1v) is 5.60. The molecule has 16 heavy (non-hydrogen) atoms. The highest BCUT2D eigenvalue weighted by Gasteiger charge is 2.32. The molecule has 1 fully saturated rings. The highest BCUT2D eigenvalue weighted by molar-refractivity contribution is 6.15. The van der Waals surface area contributed by atoms with Crippen LogP contribution >= 0.6 is 0 Å². The lowest BCUT2D eigenvalue weighted by Gasteiger charge is -2.08. The Bertz CT molecular complexity index is 386. The van der Waals surface area contributed by atoms with Crippen LogP contribution in [0.5, 0.6) is 0 Å². The van der Waals surface area contributed by atoms with Crippen LogP contribution in [-0.4, -0.2) is 11.6 Å². The highest BCUT2D eigenvalue weighted by Crippen LogP contribution is 2.29. The molecule has 2 heteroatoms. The van der Waals surface area contributed by atoms with E-state index in [4.69, 9.17) is 0 Å². The maximum absolute atomic E-state index is 12.1. The Morgan fingerprint density at radius 1 is 1.12 bits per heavy atom. The topological polar surface area (TPSA) is 34.1 Å². The Kier molecular flexibility index (Phi) is 3.99. The van der Waals surface area contributed by atoms with Crippen LogP contribution in [0.4, 0.5) is 0 Å². The van der Waals surface area contributed by atoms with Crippen molar-refractivity contribution in [1.29, 1.82) is 0 Å². The largest absolute Gasteiger partial charge is 0.294 e. The average Bonchev–Trinajstić information content (AvgIpc) is 2.32. The first kappa shape index (κ1) is 12.6. The van der Waals surface area contributed by atoms with E-state index in [0.29, 0.717) is 17.6 Å². The van der Waals surface area contributed by atoms with Crippen molar-refractivity contribution in [1.82, 2.24) is 0 Å². The van der Waals surface area contributed by atoms with Gasteiger partial charge >= 0.3 is 0 Å². The predicted molar refractivity (Wildman–Crippen MR) is 65.0 cm³/mol. The summed E-state index contributed by atoms with van der Waals surface area (Å²) >= 11 is 0. The van der Waals surface area contributed by atoms with Gasteiger partial charge < -0.3 is 0 Å². The van der Waals surface area contributed by atoms with Gasteiger partial charge in [0.1, 0.15) is 0 Å². The number of ketones is 2. The predicted octanol–water partition coefficient (Wildman–Crippen LogP) is 2.86. The summed E-state index contributed by atoms with van der Waals surface area (Å²) in [6.07, 6.45) is 5.56. The summed E-state index contributed by atoms with van der Waals surface area (Å²) in [6.45, 7) is 9.14. The molecule has 1 aliphatic rings. The van der Waals surface area contributed by atoms with E-state index in [1.165, 1.54) is 0 Å². The lowest BCUT2D eigenvalue weighted by atomic mass is 9.94. The SMILES string of the molecule is C=C/C=C1/C(=O)C(C)CC(C)C(=O)/C1=C/C. The number of hydrogen-bond acceptors (Lipinski definition) is 2. The molecule has 0 N–H and O–H groups in total. The van der Waals surface area contributed by atoms with Crippen molar-refractivity contribution in [3.05, 3.63) is 36.0 Å². The van der Waals surface area contributed by atoms with E-state index < -0.39 is 0 Å². The third kappa shape index (κ3) is 2.21. The van der Waals surface area contributed by atoms with Crippen LogP contribution in [0.25, 0.3) is 0 Å². The summed E-state index contributed by atoms with van der Waals surface area (Å²) in [7, 11) is 0. The molecule has 0 aromatic rings. The molecule has 0 heterocycles. The molecule has 2 atom stereocenters. The third-order valence-electron chi connectivity index (χ3n) is 3.00. The van der Waals surface area contributed by atoms with Crippen LogP contribution in [0, 0.1) is 11.8 Å². The van der Waals surface area contributed by atoms with Crippen LogP contribution in [0.3, 0.4) is 0 Å². The van der Waals surface area contributed by atoms with Gasteiger partial charge in [-0.25, -0.2) is 0 Å². The standard InChI is InChI=1S/C14H18O2/c1-5-7-12-11(6-2)13(15)9(3)8-10(4)14(12)16/h5-7,9-10H,1,8H2,2-4H3/b11-6+,12-7+. The van der Waals surface area contributed by atoms with Gasteiger partial charge in [-0.2, -0.15) is 0 Å². The van der Waals surface area contributed by atoms with Gasteiger partial charge in [0.25, 0.3) is 0 Å². The molecule has 2 nitrogen and oxygen atoms in total. The molecule has 0 aromatic carbocycles. The van der Waals surface area contributed by atoms with Gasteiger partial charge in [0.2, 0.25) is 0 Å². The fourth-order valence-corrected chi connectivity index (χ4v) is 2.13. The van der Waals surface area contributed by atoms with Crippen molar-refractivity contribution in [2.24, 2.45) is 11.8 Å². The molecule has 1 rings (SSSR count). The number of carbonyl (C=O) groups excluding carboxylic acids is 2. The van der Waals surface area contributed by atoms with E-state index in [2.05, 4.69) is 6.58 Å². The summed E-state index contributed by atoms with van der Waals surface area (Å²) in [5.74, 6) is -0.0672. The van der Waals surface area contributed by atoms with Gasteiger partial charge in [-0.1, -0.05) is 38.7 Å². The van der Waals surface area contributed by atoms with Gasteiger partial charge in [-0.3, -0.25) is 9.59 Å². The maximum atomic E-state index is 12.1. The van der Waals surface area contributed by atoms with E-state index in [-0.39, 0.29) is 23.4 Å². The molecule has 0 bridgehead atoms.